The monoisotopic (exact) mass is 351 g/mol. The molecule has 0 amide bonds. The maximum absolute atomic E-state index is 11.3. The van der Waals surface area contributed by atoms with Crippen molar-refractivity contribution in [3.8, 4) is 6.07 Å². The summed E-state index contributed by atoms with van der Waals surface area (Å²) in [4.78, 5) is 11.3. The number of carboxylic acid groups (broad SMARTS) is 1. The molecular weight excluding hydrogens is 322 g/mol. The van der Waals surface area contributed by atoms with Crippen molar-refractivity contribution in [1.82, 2.24) is 0 Å². The SMILES string of the molecule is C=CC(C(=O)O)[C@H]1CC[C@H]([C@H]2CC[C@H](c3ccc(C#N)cc3)CC2)CC1. The van der Waals surface area contributed by atoms with Crippen LogP contribution in [0, 0.1) is 35.0 Å². The largest absolute Gasteiger partial charge is 0.481 e. The van der Waals surface area contributed by atoms with Crippen LogP contribution < -0.4 is 0 Å². The molecule has 2 saturated carbocycles. The lowest BCUT2D eigenvalue weighted by atomic mass is 9.67. The van der Waals surface area contributed by atoms with Gasteiger partial charge in [-0.05, 0) is 92.7 Å². The van der Waals surface area contributed by atoms with Crippen molar-refractivity contribution in [2.45, 2.75) is 57.3 Å². The molecule has 3 rings (SSSR count). The van der Waals surface area contributed by atoms with Crippen molar-refractivity contribution < 1.29 is 9.90 Å². The minimum absolute atomic E-state index is 0.274. The van der Waals surface area contributed by atoms with Crippen LogP contribution in [0.2, 0.25) is 0 Å². The summed E-state index contributed by atoms with van der Waals surface area (Å²) >= 11 is 0. The Kier molecular flexibility index (Phi) is 6.14. The van der Waals surface area contributed by atoms with Crippen LogP contribution in [-0.2, 0) is 4.79 Å². The van der Waals surface area contributed by atoms with Crippen LogP contribution in [0.15, 0.2) is 36.9 Å². The Morgan fingerprint density at radius 2 is 1.58 bits per heavy atom. The molecule has 1 unspecified atom stereocenters. The highest BCUT2D eigenvalue weighted by Gasteiger charge is 2.34. The molecule has 138 valence electrons. The summed E-state index contributed by atoms with van der Waals surface area (Å²) in [5, 5.41) is 18.3. The van der Waals surface area contributed by atoms with Gasteiger partial charge in [0.05, 0.1) is 17.6 Å². The van der Waals surface area contributed by atoms with E-state index in [1.165, 1.54) is 44.1 Å². The molecular formula is C23H29NO2. The number of benzene rings is 1. The molecule has 0 radical (unpaired) electrons. The van der Waals surface area contributed by atoms with E-state index in [0.717, 1.165) is 30.2 Å². The van der Waals surface area contributed by atoms with E-state index in [1.807, 2.05) is 12.1 Å². The summed E-state index contributed by atoms with van der Waals surface area (Å²) in [6.07, 6.45) is 11.1. The van der Waals surface area contributed by atoms with Gasteiger partial charge in [0.1, 0.15) is 0 Å². The van der Waals surface area contributed by atoms with Crippen molar-refractivity contribution >= 4 is 5.97 Å². The van der Waals surface area contributed by atoms with Crippen molar-refractivity contribution in [3.05, 3.63) is 48.0 Å². The van der Waals surface area contributed by atoms with Gasteiger partial charge in [-0.2, -0.15) is 5.26 Å². The molecule has 1 atom stereocenters. The Hall–Kier alpha value is -2.08. The van der Waals surface area contributed by atoms with E-state index >= 15 is 0 Å². The average molecular weight is 351 g/mol. The van der Waals surface area contributed by atoms with E-state index in [9.17, 15) is 9.90 Å². The number of carbonyl (C=O) groups is 1. The van der Waals surface area contributed by atoms with Crippen LogP contribution >= 0.6 is 0 Å². The molecule has 2 aliphatic carbocycles. The van der Waals surface area contributed by atoms with Gasteiger partial charge in [-0.25, -0.2) is 0 Å². The predicted octanol–water partition coefficient (Wildman–Crippen LogP) is 5.53. The lowest BCUT2D eigenvalue weighted by molar-refractivity contribution is -0.142. The zero-order valence-electron chi connectivity index (χ0n) is 15.4. The van der Waals surface area contributed by atoms with Gasteiger partial charge in [-0.3, -0.25) is 4.79 Å². The Morgan fingerprint density at radius 3 is 2.04 bits per heavy atom. The molecule has 0 spiro atoms. The Labute approximate surface area is 156 Å². The number of rotatable bonds is 5. The van der Waals surface area contributed by atoms with Crippen LogP contribution in [-0.4, -0.2) is 11.1 Å². The fourth-order valence-electron chi connectivity index (χ4n) is 5.22. The fraction of sp³-hybridized carbons (Fsp3) is 0.565. The molecule has 0 aromatic heterocycles. The van der Waals surface area contributed by atoms with Crippen LogP contribution in [0.25, 0.3) is 0 Å². The molecule has 1 N–H and O–H groups in total. The first kappa shape index (κ1) is 18.7. The van der Waals surface area contributed by atoms with E-state index in [0.29, 0.717) is 5.92 Å². The number of aliphatic carboxylic acids is 1. The van der Waals surface area contributed by atoms with Crippen molar-refractivity contribution in [1.29, 1.82) is 5.26 Å². The molecule has 3 nitrogen and oxygen atoms in total. The third kappa shape index (κ3) is 4.18. The van der Waals surface area contributed by atoms with E-state index < -0.39 is 5.97 Å². The lowest BCUT2D eigenvalue weighted by Gasteiger charge is -2.38. The number of nitriles is 1. The minimum atomic E-state index is -0.716. The van der Waals surface area contributed by atoms with Crippen LogP contribution in [0.3, 0.4) is 0 Å². The molecule has 0 heterocycles. The molecule has 26 heavy (non-hydrogen) atoms. The average Bonchev–Trinajstić information content (AvgIpc) is 2.69. The topological polar surface area (TPSA) is 61.1 Å². The minimum Gasteiger partial charge on any atom is -0.481 e. The maximum atomic E-state index is 11.3. The van der Waals surface area contributed by atoms with Crippen molar-refractivity contribution in [2.24, 2.45) is 23.7 Å². The molecule has 1 aromatic carbocycles. The summed E-state index contributed by atoms with van der Waals surface area (Å²) in [5.74, 6) is 1.39. The first-order valence-corrected chi connectivity index (χ1v) is 9.97. The quantitative estimate of drug-likeness (QED) is 0.710. The van der Waals surface area contributed by atoms with Gasteiger partial charge < -0.3 is 5.11 Å². The van der Waals surface area contributed by atoms with E-state index in [1.54, 1.807) is 6.08 Å². The molecule has 3 heteroatoms. The van der Waals surface area contributed by atoms with E-state index in [2.05, 4.69) is 24.8 Å². The molecule has 0 aliphatic heterocycles. The van der Waals surface area contributed by atoms with Crippen molar-refractivity contribution in [3.63, 3.8) is 0 Å². The number of hydrogen-bond donors (Lipinski definition) is 1. The first-order chi connectivity index (χ1) is 12.6. The number of nitrogens with zero attached hydrogens (tertiary/aromatic N) is 1. The third-order valence-electron chi connectivity index (χ3n) is 6.81. The third-order valence-corrected chi connectivity index (χ3v) is 6.81. The Bertz CT molecular complexity index is 656. The van der Waals surface area contributed by atoms with Gasteiger partial charge in [0, 0.05) is 0 Å². The highest BCUT2D eigenvalue weighted by atomic mass is 16.4. The van der Waals surface area contributed by atoms with Crippen molar-refractivity contribution in [2.75, 3.05) is 0 Å². The highest BCUT2D eigenvalue weighted by molar-refractivity contribution is 5.72. The molecule has 1 aromatic rings. The maximum Gasteiger partial charge on any atom is 0.310 e. The summed E-state index contributed by atoms with van der Waals surface area (Å²) in [6.45, 7) is 3.72. The highest BCUT2D eigenvalue weighted by Crippen LogP contribution is 2.45. The number of carboxylic acids is 1. The second kappa shape index (κ2) is 8.54. The first-order valence-electron chi connectivity index (χ1n) is 9.97. The smallest absolute Gasteiger partial charge is 0.310 e. The second-order valence-corrected chi connectivity index (χ2v) is 8.12. The van der Waals surface area contributed by atoms with Gasteiger partial charge in [0.25, 0.3) is 0 Å². The molecule has 2 fully saturated rings. The summed E-state index contributed by atoms with van der Waals surface area (Å²) < 4.78 is 0. The second-order valence-electron chi connectivity index (χ2n) is 8.12. The normalized spacial score (nSPS) is 30.1. The van der Waals surface area contributed by atoms with Gasteiger partial charge in [0.15, 0.2) is 0 Å². The van der Waals surface area contributed by atoms with Crippen LogP contribution in [0.4, 0.5) is 0 Å². The fourth-order valence-corrected chi connectivity index (χ4v) is 5.22. The van der Waals surface area contributed by atoms with Gasteiger partial charge >= 0.3 is 5.97 Å². The summed E-state index contributed by atoms with van der Waals surface area (Å²) in [6, 6.07) is 10.3. The Balaban J connectivity index is 1.49. The molecule has 0 bridgehead atoms. The van der Waals surface area contributed by atoms with Crippen LogP contribution in [0.1, 0.15) is 68.4 Å². The van der Waals surface area contributed by atoms with Gasteiger partial charge in [0.2, 0.25) is 0 Å². The molecule has 2 aliphatic rings. The van der Waals surface area contributed by atoms with E-state index in [4.69, 9.17) is 5.26 Å². The number of hydrogen-bond acceptors (Lipinski definition) is 2. The Morgan fingerprint density at radius 1 is 1.04 bits per heavy atom. The van der Waals surface area contributed by atoms with Gasteiger partial charge in [-0.1, -0.05) is 18.2 Å². The van der Waals surface area contributed by atoms with Gasteiger partial charge in [-0.15, -0.1) is 6.58 Å². The van der Waals surface area contributed by atoms with Crippen LogP contribution in [0.5, 0.6) is 0 Å². The lowest BCUT2D eigenvalue weighted by Crippen LogP contribution is -2.30. The standard InChI is InChI=1S/C23H29NO2/c1-2-22(23(25)26)21-13-11-20(12-14-21)19-9-7-18(8-10-19)17-5-3-16(15-24)4-6-17/h2-6,18-22H,1,7-14H2,(H,25,26)/t18-,19-,20-,21-,22?. The predicted molar refractivity (Wildman–Crippen MR) is 103 cm³/mol. The molecule has 0 saturated heterocycles. The zero-order chi connectivity index (χ0) is 18.5. The summed E-state index contributed by atoms with van der Waals surface area (Å²) in [5.41, 5.74) is 2.11. The summed E-state index contributed by atoms with van der Waals surface area (Å²) in [7, 11) is 0. The zero-order valence-corrected chi connectivity index (χ0v) is 15.4. The van der Waals surface area contributed by atoms with E-state index in [-0.39, 0.29) is 11.8 Å².